The molecule has 2 fully saturated rings. The first-order valence-corrected chi connectivity index (χ1v) is 11.4. The fraction of sp³-hybridized carbons (Fsp3) is 0.571. The number of carbonyl (C=O) groups is 1. The van der Waals surface area contributed by atoms with Crippen LogP contribution in [0.2, 0.25) is 0 Å². The molecule has 0 radical (unpaired) electrons. The molecule has 7 nitrogen and oxygen atoms in total. The largest absolute Gasteiger partial charge is 0.361 e. The van der Waals surface area contributed by atoms with E-state index in [1.165, 1.54) is 37.7 Å². The van der Waals surface area contributed by atoms with E-state index in [2.05, 4.69) is 19.9 Å². The van der Waals surface area contributed by atoms with Crippen LogP contribution in [0.4, 0.5) is 0 Å². The Morgan fingerprint density at radius 2 is 1.83 bits per heavy atom. The predicted molar refractivity (Wildman–Crippen MR) is 113 cm³/mol. The summed E-state index contributed by atoms with van der Waals surface area (Å²) < 4.78 is 5.12. The lowest BCUT2D eigenvalue weighted by molar-refractivity contribution is 0.0622. The number of rotatable bonds is 7. The molecule has 2 aromatic heterocycles. The van der Waals surface area contributed by atoms with Crippen LogP contribution < -0.4 is 0 Å². The van der Waals surface area contributed by atoms with Crippen LogP contribution in [-0.2, 0) is 5.75 Å². The van der Waals surface area contributed by atoms with Crippen LogP contribution in [0.15, 0.2) is 33.9 Å². The minimum Gasteiger partial charge on any atom is -0.361 e. The highest BCUT2D eigenvalue weighted by molar-refractivity contribution is 7.98. The molecule has 0 aliphatic carbocycles. The monoisotopic (exact) mass is 415 g/mol. The third kappa shape index (κ3) is 5.38. The van der Waals surface area contributed by atoms with Gasteiger partial charge in [0.15, 0.2) is 0 Å². The van der Waals surface area contributed by atoms with Gasteiger partial charge in [-0.15, -0.1) is 0 Å². The second-order valence-corrected chi connectivity index (χ2v) is 8.72. The van der Waals surface area contributed by atoms with Gasteiger partial charge in [-0.05, 0) is 45.0 Å². The lowest BCUT2D eigenvalue weighted by Gasteiger charge is -2.35. The maximum Gasteiger partial charge on any atom is 0.256 e. The van der Waals surface area contributed by atoms with Crippen LogP contribution in [0.5, 0.6) is 0 Å². The van der Waals surface area contributed by atoms with Gasteiger partial charge in [0.1, 0.15) is 10.8 Å². The molecule has 4 rings (SSSR count). The van der Waals surface area contributed by atoms with E-state index in [4.69, 9.17) is 4.52 Å². The summed E-state index contributed by atoms with van der Waals surface area (Å²) in [5.41, 5.74) is 1.55. The number of hydrogen-bond acceptors (Lipinski definition) is 7. The Hall–Kier alpha value is -1.90. The van der Waals surface area contributed by atoms with Gasteiger partial charge in [-0.3, -0.25) is 9.69 Å². The third-order valence-electron chi connectivity index (χ3n) is 5.63. The number of amides is 1. The zero-order valence-electron chi connectivity index (χ0n) is 17.0. The number of carbonyl (C=O) groups excluding carboxylic acids is 1. The van der Waals surface area contributed by atoms with E-state index in [9.17, 15) is 4.79 Å². The van der Waals surface area contributed by atoms with Gasteiger partial charge in [0.25, 0.3) is 5.91 Å². The summed E-state index contributed by atoms with van der Waals surface area (Å²) in [5.74, 6) is 1.51. The van der Waals surface area contributed by atoms with Crippen LogP contribution >= 0.6 is 11.8 Å². The summed E-state index contributed by atoms with van der Waals surface area (Å²) in [6.45, 7) is 10.1. The molecule has 0 spiro atoms. The first-order valence-electron chi connectivity index (χ1n) is 10.4. The molecule has 0 N–H and O–H groups in total. The molecule has 8 heteroatoms. The number of likely N-dealkylation sites (tertiary alicyclic amines) is 1. The highest BCUT2D eigenvalue weighted by Gasteiger charge is 2.25. The molecule has 2 aliphatic heterocycles. The maximum absolute atomic E-state index is 13.1. The molecule has 1 amide bonds. The van der Waals surface area contributed by atoms with E-state index in [1.807, 2.05) is 30.0 Å². The number of piperazine rings is 1. The summed E-state index contributed by atoms with van der Waals surface area (Å²) in [5, 5.41) is 4.78. The second kappa shape index (κ2) is 9.73. The maximum atomic E-state index is 13.1. The van der Waals surface area contributed by atoms with Gasteiger partial charge in [0.05, 0.1) is 11.3 Å². The first-order chi connectivity index (χ1) is 14.2. The molecular formula is C21H29N5O2S. The minimum absolute atomic E-state index is 0.0797. The Balaban J connectivity index is 1.30. The Morgan fingerprint density at radius 1 is 1.10 bits per heavy atom. The number of thioether (sulfide) groups is 1. The molecule has 0 aromatic carbocycles. The molecule has 0 bridgehead atoms. The second-order valence-electron chi connectivity index (χ2n) is 7.76. The highest BCUT2D eigenvalue weighted by Crippen LogP contribution is 2.25. The Labute approximate surface area is 176 Å². The van der Waals surface area contributed by atoms with Crippen LogP contribution in [0.1, 0.15) is 34.7 Å². The smallest absolute Gasteiger partial charge is 0.256 e. The molecule has 2 aliphatic rings. The van der Waals surface area contributed by atoms with Crippen LogP contribution in [0.3, 0.4) is 0 Å². The Bertz CT molecular complexity index is 813. The van der Waals surface area contributed by atoms with Gasteiger partial charge < -0.3 is 14.3 Å². The number of pyridine rings is 1. The van der Waals surface area contributed by atoms with Gasteiger partial charge in [0, 0.05) is 57.3 Å². The van der Waals surface area contributed by atoms with Gasteiger partial charge in [0.2, 0.25) is 0 Å². The molecule has 0 saturated carbocycles. The SMILES string of the molecule is Cc1cc(CSc2ncccc2C(=O)N2CCN(CCN3CCCC3)CC2)no1. The van der Waals surface area contributed by atoms with Gasteiger partial charge >= 0.3 is 0 Å². The van der Waals surface area contributed by atoms with Crippen molar-refractivity contribution in [1.82, 2.24) is 24.8 Å². The topological polar surface area (TPSA) is 65.7 Å². The van der Waals surface area contributed by atoms with E-state index < -0.39 is 0 Å². The normalized spacial score (nSPS) is 18.4. The zero-order valence-corrected chi connectivity index (χ0v) is 17.9. The molecule has 4 heterocycles. The van der Waals surface area contributed by atoms with E-state index in [0.717, 1.165) is 55.7 Å². The fourth-order valence-electron chi connectivity index (χ4n) is 3.93. The Morgan fingerprint density at radius 3 is 2.52 bits per heavy atom. The summed E-state index contributed by atoms with van der Waals surface area (Å²) in [4.78, 5) is 24.6. The third-order valence-corrected chi connectivity index (χ3v) is 6.66. The number of nitrogens with zero attached hydrogens (tertiary/aromatic N) is 5. The highest BCUT2D eigenvalue weighted by atomic mass is 32.2. The fourth-order valence-corrected chi connectivity index (χ4v) is 4.80. The number of hydrogen-bond donors (Lipinski definition) is 0. The zero-order chi connectivity index (χ0) is 20.1. The van der Waals surface area contributed by atoms with Crippen molar-refractivity contribution in [2.45, 2.75) is 30.5 Å². The van der Waals surface area contributed by atoms with E-state index in [-0.39, 0.29) is 5.91 Å². The lowest BCUT2D eigenvalue weighted by atomic mass is 10.2. The average molecular weight is 416 g/mol. The van der Waals surface area contributed by atoms with Crippen LogP contribution in [-0.4, -0.2) is 83.1 Å². The van der Waals surface area contributed by atoms with E-state index in [0.29, 0.717) is 11.3 Å². The van der Waals surface area contributed by atoms with Crippen LogP contribution in [0, 0.1) is 6.92 Å². The van der Waals surface area contributed by atoms with Crippen LogP contribution in [0.25, 0.3) is 0 Å². The van der Waals surface area contributed by atoms with Crippen molar-refractivity contribution in [2.24, 2.45) is 0 Å². The molecule has 2 saturated heterocycles. The minimum atomic E-state index is 0.0797. The summed E-state index contributed by atoms with van der Waals surface area (Å²) in [6, 6.07) is 5.63. The molecule has 0 unspecified atom stereocenters. The van der Waals surface area contributed by atoms with Gasteiger partial charge in [-0.2, -0.15) is 0 Å². The van der Waals surface area contributed by atoms with E-state index >= 15 is 0 Å². The van der Waals surface area contributed by atoms with Crippen molar-refractivity contribution in [3.05, 3.63) is 41.4 Å². The molecular weight excluding hydrogens is 386 g/mol. The Kier molecular flexibility index (Phi) is 6.84. The van der Waals surface area contributed by atoms with Crippen molar-refractivity contribution < 1.29 is 9.32 Å². The molecule has 0 atom stereocenters. The van der Waals surface area contributed by atoms with Crippen molar-refractivity contribution in [3.8, 4) is 0 Å². The van der Waals surface area contributed by atoms with Crippen molar-refractivity contribution in [2.75, 3.05) is 52.4 Å². The van der Waals surface area contributed by atoms with E-state index in [1.54, 1.807) is 6.20 Å². The molecule has 2 aromatic rings. The van der Waals surface area contributed by atoms with Crippen molar-refractivity contribution >= 4 is 17.7 Å². The summed E-state index contributed by atoms with van der Waals surface area (Å²) in [7, 11) is 0. The predicted octanol–water partition coefficient (Wildman–Crippen LogP) is 2.52. The van der Waals surface area contributed by atoms with Gasteiger partial charge in [-0.1, -0.05) is 16.9 Å². The number of aromatic nitrogens is 2. The van der Waals surface area contributed by atoms with Gasteiger partial charge in [-0.25, -0.2) is 4.98 Å². The molecule has 29 heavy (non-hydrogen) atoms. The quantitative estimate of drug-likeness (QED) is 0.644. The lowest BCUT2D eigenvalue weighted by Crippen LogP contribution is -2.50. The van der Waals surface area contributed by atoms with Crippen molar-refractivity contribution in [3.63, 3.8) is 0 Å². The standard InChI is InChI=1S/C21H29N5O2S/c1-17-15-18(23-28-17)16-29-20-19(5-4-6-22-20)21(27)26-13-11-25(12-14-26)10-9-24-7-2-3-8-24/h4-6,15H,2-3,7-14,16H2,1H3. The first kappa shape index (κ1) is 20.4. The number of aryl methyl sites for hydroxylation is 1. The average Bonchev–Trinajstić information content (AvgIpc) is 3.42. The summed E-state index contributed by atoms with van der Waals surface area (Å²) >= 11 is 1.53. The summed E-state index contributed by atoms with van der Waals surface area (Å²) in [6.07, 6.45) is 4.41. The molecule has 156 valence electrons. The van der Waals surface area contributed by atoms with Crippen molar-refractivity contribution in [1.29, 1.82) is 0 Å².